The lowest BCUT2D eigenvalue weighted by Gasteiger charge is -2.08. The van der Waals surface area contributed by atoms with E-state index in [0.717, 1.165) is 6.42 Å². The van der Waals surface area contributed by atoms with Gasteiger partial charge in [0.15, 0.2) is 0 Å². The standard InChI is InChI=1S/C18H16N4O3/c1-2-13-3-6-15(7-4-13)20-18(23)14-5-8-16(17(11-14)22(24)25)21-10-9-19-12-21/h3-12H,2H2,1H3,(H,20,23). The summed E-state index contributed by atoms with van der Waals surface area (Å²) >= 11 is 0. The van der Waals surface area contributed by atoms with Gasteiger partial charge < -0.3 is 9.88 Å². The lowest BCUT2D eigenvalue weighted by molar-refractivity contribution is -0.384. The summed E-state index contributed by atoms with van der Waals surface area (Å²) in [7, 11) is 0. The molecule has 1 N–H and O–H groups in total. The first kappa shape index (κ1) is 16.4. The number of anilines is 1. The van der Waals surface area contributed by atoms with E-state index < -0.39 is 10.8 Å². The van der Waals surface area contributed by atoms with E-state index in [4.69, 9.17) is 0 Å². The number of benzene rings is 2. The van der Waals surface area contributed by atoms with Crippen molar-refractivity contribution in [1.29, 1.82) is 0 Å². The van der Waals surface area contributed by atoms with E-state index in [1.165, 1.54) is 34.8 Å². The highest BCUT2D eigenvalue weighted by Gasteiger charge is 2.18. The predicted molar refractivity (Wildman–Crippen MR) is 94.0 cm³/mol. The molecule has 0 spiro atoms. The number of nitrogens with one attached hydrogen (secondary N) is 1. The Bertz CT molecular complexity index is 903. The van der Waals surface area contributed by atoms with Crippen molar-refractivity contribution in [3.63, 3.8) is 0 Å². The molecule has 0 unspecified atom stereocenters. The van der Waals surface area contributed by atoms with Crippen molar-refractivity contribution in [2.24, 2.45) is 0 Å². The third-order valence-corrected chi connectivity index (χ3v) is 3.84. The Labute approximate surface area is 144 Å². The van der Waals surface area contributed by atoms with Crippen LogP contribution in [0, 0.1) is 10.1 Å². The average Bonchev–Trinajstić information content (AvgIpc) is 3.16. The molecule has 3 rings (SSSR count). The van der Waals surface area contributed by atoms with Gasteiger partial charge in [-0.15, -0.1) is 0 Å². The number of rotatable bonds is 5. The Morgan fingerprint density at radius 1 is 1.24 bits per heavy atom. The van der Waals surface area contributed by atoms with Crippen molar-refractivity contribution in [3.05, 3.63) is 82.4 Å². The monoisotopic (exact) mass is 336 g/mol. The van der Waals surface area contributed by atoms with Crippen LogP contribution >= 0.6 is 0 Å². The summed E-state index contributed by atoms with van der Waals surface area (Å²) in [5.41, 5.74) is 2.22. The van der Waals surface area contributed by atoms with Gasteiger partial charge >= 0.3 is 0 Å². The summed E-state index contributed by atoms with van der Waals surface area (Å²) in [5.74, 6) is -0.399. The average molecular weight is 336 g/mol. The minimum atomic E-state index is -0.512. The molecule has 1 aromatic heterocycles. The zero-order chi connectivity index (χ0) is 17.8. The van der Waals surface area contributed by atoms with Crippen LogP contribution < -0.4 is 5.32 Å². The van der Waals surface area contributed by atoms with E-state index in [2.05, 4.69) is 17.2 Å². The van der Waals surface area contributed by atoms with E-state index in [1.54, 1.807) is 12.3 Å². The van der Waals surface area contributed by atoms with Crippen LogP contribution in [0.15, 0.2) is 61.2 Å². The number of nitro groups is 1. The smallest absolute Gasteiger partial charge is 0.294 e. The zero-order valence-corrected chi connectivity index (χ0v) is 13.5. The second kappa shape index (κ2) is 6.96. The molecule has 25 heavy (non-hydrogen) atoms. The fraction of sp³-hybridized carbons (Fsp3) is 0.111. The van der Waals surface area contributed by atoms with E-state index >= 15 is 0 Å². The van der Waals surface area contributed by atoms with E-state index in [-0.39, 0.29) is 11.3 Å². The molecule has 1 amide bonds. The number of amides is 1. The van der Waals surface area contributed by atoms with Crippen molar-refractivity contribution < 1.29 is 9.72 Å². The molecule has 7 nitrogen and oxygen atoms in total. The number of carbonyl (C=O) groups is 1. The summed E-state index contributed by atoms with van der Waals surface area (Å²) in [6.45, 7) is 2.05. The first-order valence-corrected chi connectivity index (χ1v) is 7.75. The van der Waals surface area contributed by atoms with Gasteiger partial charge in [0, 0.05) is 29.7 Å². The number of imidazole rings is 1. The highest BCUT2D eigenvalue weighted by atomic mass is 16.6. The summed E-state index contributed by atoms with van der Waals surface area (Å²) in [6.07, 6.45) is 5.52. The first-order chi connectivity index (χ1) is 12.1. The maximum atomic E-state index is 12.4. The molecule has 1 heterocycles. The Balaban J connectivity index is 1.87. The molecule has 0 aliphatic heterocycles. The largest absolute Gasteiger partial charge is 0.322 e. The van der Waals surface area contributed by atoms with Crippen molar-refractivity contribution in [1.82, 2.24) is 9.55 Å². The van der Waals surface area contributed by atoms with Crippen LogP contribution in [0.25, 0.3) is 5.69 Å². The SMILES string of the molecule is CCc1ccc(NC(=O)c2ccc(-n3ccnc3)c([N+](=O)[O-])c2)cc1. The highest BCUT2D eigenvalue weighted by molar-refractivity contribution is 6.04. The Morgan fingerprint density at radius 2 is 2.00 bits per heavy atom. The van der Waals surface area contributed by atoms with Gasteiger partial charge in [-0.2, -0.15) is 0 Å². The second-order valence-corrected chi connectivity index (χ2v) is 5.44. The lowest BCUT2D eigenvalue weighted by Crippen LogP contribution is -2.12. The van der Waals surface area contributed by atoms with Crippen LogP contribution in [-0.2, 0) is 6.42 Å². The quantitative estimate of drug-likeness (QED) is 0.569. The second-order valence-electron chi connectivity index (χ2n) is 5.44. The normalized spacial score (nSPS) is 10.4. The van der Waals surface area contributed by atoms with Gasteiger partial charge in [0.2, 0.25) is 0 Å². The number of aromatic nitrogens is 2. The van der Waals surface area contributed by atoms with Gasteiger partial charge in [-0.25, -0.2) is 4.98 Å². The van der Waals surface area contributed by atoms with Crippen molar-refractivity contribution in [2.75, 3.05) is 5.32 Å². The Morgan fingerprint density at radius 3 is 2.60 bits per heavy atom. The predicted octanol–water partition coefficient (Wildman–Crippen LogP) is 3.60. The maximum absolute atomic E-state index is 12.4. The molecule has 0 atom stereocenters. The minimum Gasteiger partial charge on any atom is -0.322 e. The molecule has 3 aromatic rings. The van der Waals surface area contributed by atoms with E-state index in [1.807, 2.05) is 24.3 Å². The summed E-state index contributed by atoms with van der Waals surface area (Å²) in [6, 6.07) is 11.8. The Kier molecular flexibility index (Phi) is 4.56. The van der Waals surface area contributed by atoms with Gasteiger partial charge in [0.05, 0.1) is 11.3 Å². The van der Waals surface area contributed by atoms with Crippen molar-refractivity contribution in [3.8, 4) is 5.69 Å². The van der Waals surface area contributed by atoms with Gasteiger partial charge in [-0.1, -0.05) is 19.1 Å². The fourth-order valence-corrected chi connectivity index (χ4v) is 2.46. The number of hydrogen-bond donors (Lipinski definition) is 1. The molecule has 0 fully saturated rings. The third kappa shape index (κ3) is 3.55. The molecule has 0 aliphatic carbocycles. The van der Waals surface area contributed by atoms with Gasteiger partial charge in [-0.05, 0) is 36.2 Å². The summed E-state index contributed by atoms with van der Waals surface area (Å²) in [4.78, 5) is 27.1. The number of nitrogens with zero attached hydrogens (tertiary/aromatic N) is 3. The summed E-state index contributed by atoms with van der Waals surface area (Å²) in [5, 5.41) is 14.1. The highest BCUT2D eigenvalue weighted by Crippen LogP contribution is 2.24. The van der Waals surface area contributed by atoms with Gasteiger partial charge in [-0.3, -0.25) is 14.9 Å². The molecular weight excluding hydrogens is 320 g/mol. The minimum absolute atomic E-state index is 0.160. The van der Waals surface area contributed by atoms with Crippen molar-refractivity contribution in [2.45, 2.75) is 13.3 Å². The molecule has 126 valence electrons. The molecule has 0 aliphatic rings. The van der Waals surface area contributed by atoms with Crippen LogP contribution in [0.3, 0.4) is 0 Å². The molecule has 0 saturated carbocycles. The molecule has 0 saturated heterocycles. The Hall–Kier alpha value is -3.48. The fourth-order valence-electron chi connectivity index (χ4n) is 2.46. The maximum Gasteiger partial charge on any atom is 0.294 e. The molecule has 2 aromatic carbocycles. The van der Waals surface area contributed by atoms with Crippen LogP contribution in [-0.4, -0.2) is 20.4 Å². The molecular formula is C18H16N4O3. The third-order valence-electron chi connectivity index (χ3n) is 3.84. The van der Waals surface area contributed by atoms with Crippen LogP contribution in [0.2, 0.25) is 0 Å². The number of hydrogen-bond acceptors (Lipinski definition) is 4. The molecule has 0 bridgehead atoms. The van der Waals surface area contributed by atoms with Crippen LogP contribution in [0.1, 0.15) is 22.8 Å². The number of nitro benzene ring substituents is 1. The molecule has 0 radical (unpaired) electrons. The first-order valence-electron chi connectivity index (χ1n) is 7.75. The topological polar surface area (TPSA) is 90.1 Å². The zero-order valence-electron chi connectivity index (χ0n) is 13.5. The van der Waals surface area contributed by atoms with Crippen LogP contribution in [0.5, 0.6) is 0 Å². The molecule has 7 heteroatoms. The summed E-state index contributed by atoms with van der Waals surface area (Å²) < 4.78 is 1.53. The number of aryl methyl sites for hydroxylation is 1. The van der Waals surface area contributed by atoms with Crippen molar-refractivity contribution >= 4 is 17.3 Å². The van der Waals surface area contributed by atoms with E-state index in [9.17, 15) is 14.9 Å². The number of carbonyl (C=O) groups excluding carboxylic acids is 1. The van der Waals surface area contributed by atoms with Gasteiger partial charge in [0.1, 0.15) is 5.69 Å². The van der Waals surface area contributed by atoms with E-state index in [0.29, 0.717) is 11.4 Å². The van der Waals surface area contributed by atoms with Gasteiger partial charge in [0.25, 0.3) is 11.6 Å². The lowest BCUT2D eigenvalue weighted by atomic mass is 10.1. The van der Waals surface area contributed by atoms with Crippen LogP contribution in [0.4, 0.5) is 11.4 Å².